The Bertz CT molecular complexity index is 1220. The Balaban J connectivity index is 1.34. The third-order valence-electron chi connectivity index (χ3n) is 7.78. The van der Waals surface area contributed by atoms with Gasteiger partial charge >= 0.3 is 6.03 Å². The molecule has 0 spiro atoms. The van der Waals surface area contributed by atoms with E-state index in [1.807, 2.05) is 17.2 Å². The second kappa shape index (κ2) is 10.8. The number of benzene rings is 1. The number of rotatable bonds is 2. The number of carbonyl (C=O) groups is 2. The highest BCUT2D eigenvalue weighted by molar-refractivity contribution is 9.10. The maximum absolute atomic E-state index is 13.1. The average molecular weight is 637 g/mol. The molecule has 0 saturated carbocycles. The maximum atomic E-state index is 13.1. The van der Waals surface area contributed by atoms with Crippen molar-refractivity contribution in [2.24, 2.45) is 11.7 Å². The number of nitrogens with two attached hydrogens (primary N) is 1. The first kappa shape index (κ1) is 25.7. The van der Waals surface area contributed by atoms with Crippen molar-refractivity contribution in [3.05, 3.63) is 72.4 Å². The van der Waals surface area contributed by atoms with Crippen LogP contribution in [-0.2, 0) is 17.6 Å². The smallest absolute Gasteiger partial charge is 0.314 e. The number of urea groups is 1. The van der Waals surface area contributed by atoms with E-state index in [-0.39, 0.29) is 17.9 Å². The van der Waals surface area contributed by atoms with Gasteiger partial charge in [0.25, 0.3) is 0 Å². The van der Waals surface area contributed by atoms with Crippen molar-refractivity contribution >= 4 is 55.4 Å². The summed E-state index contributed by atoms with van der Waals surface area (Å²) >= 11 is 13.9. The van der Waals surface area contributed by atoms with Crippen molar-refractivity contribution < 1.29 is 9.59 Å². The minimum absolute atomic E-state index is 0.0765. The molecule has 3 amide bonds. The first-order valence-electron chi connectivity index (χ1n) is 12.4. The van der Waals surface area contributed by atoms with E-state index in [1.54, 1.807) is 11.0 Å². The van der Waals surface area contributed by atoms with E-state index in [0.717, 1.165) is 64.0 Å². The molecule has 2 aliphatic heterocycles. The molecule has 2 N–H and O–H groups in total. The Morgan fingerprint density at radius 1 is 0.972 bits per heavy atom. The van der Waals surface area contributed by atoms with Crippen LogP contribution < -0.4 is 5.73 Å². The average Bonchev–Trinajstić information content (AvgIpc) is 3.01. The lowest BCUT2D eigenvalue weighted by molar-refractivity contribution is -0.127. The Labute approximate surface area is 233 Å². The third-order valence-corrected chi connectivity index (χ3v) is 9.09. The highest BCUT2D eigenvalue weighted by atomic mass is 79.9. The summed E-state index contributed by atoms with van der Waals surface area (Å²) in [5.74, 6) is 0.612. The number of piperidine rings is 2. The van der Waals surface area contributed by atoms with E-state index in [2.05, 4.69) is 44.0 Å². The molecule has 2 fully saturated rings. The van der Waals surface area contributed by atoms with Crippen LogP contribution in [0, 0.1) is 5.92 Å². The molecular formula is C27H29Br2ClN4O2. The van der Waals surface area contributed by atoms with Gasteiger partial charge in [-0.2, -0.15) is 0 Å². The number of nitrogens with zero attached hydrogens (tertiary/aromatic N) is 3. The molecule has 1 aromatic carbocycles. The summed E-state index contributed by atoms with van der Waals surface area (Å²) in [4.78, 5) is 32.9. The monoisotopic (exact) mass is 634 g/mol. The van der Waals surface area contributed by atoms with E-state index >= 15 is 0 Å². The van der Waals surface area contributed by atoms with Crippen molar-refractivity contribution in [1.82, 2.24) is 14.8 Å². The lowest BCUT2D eigenvalue weighted by Gasteiger charge is -2.37. The van der Waals surface area contributed by atoms with Crippen molar-refractivity contribution in [2.75, 3.05) is 26.2 Å². The Kier molecular flexibility index (Phi) is 7.75. The van der Waals surface area contributed by atoms with Crippen LogP contribution in [0.25, 0.3) is 0 Å². The number of primary amides is 1. The van der Waals surface area contributed by atoms with Crippen LogP contribution in [0.3, 0.4) is 0 Å². The van der Waals surface area contributed by atoms with E-state index in [9.17, 15) is 9.59 Å². The summed E-state index contributed by atoms with van der Waals surface area (Å²) in [5, 5.41) is 0.745. The largest absolute Gasteiger partial charge is 0.351 e. The maximum Gasteiger partial charge on any atom is 0.314 e. The number of halogens is 3. The molecule has 36 heavy (non-hydrogen) atoms. The lowest BCUT2D eigenvalue weighted by Crippen LogP contribution is -2.41. The van der Waals surface area contributed by atoms with Gasteiger partial charge in [0.1, 0.15) is 0 Å². The van der Waals surface area contributed by atoms with Gasteiger partial charge in [0.05, 0.1) is 5.69 Å². The van der Waals surface area contributed by atoms with Crippen LogP contribution in [0.15, 0.2) is 45.0 Å². The van der Waals surface area contributed by atoms with Gasteiger partial charge in [0.2, 0.25) is 5.91 Å². The normalized spacial score (nSPS) is 20.4. The molecule has 0 radical (unpaired) electrons. The quantitative estimate of drug-likeness (QED) is 0.422. The van der Waals surface area contributed by atoms with Crippen LogP contribution in [0.5, 0.6) is 0 Å². The van der Waals surface area contributed by atoms with Gasteiger partial charge in [-0.3, -0.25) is 9.78 Å². The first-order valence-corrected chi connectivity index (χ1v) is 14.4. The van der Waals surface area contributed by atoms with Gasteiger partial charge in [-0.05, 0) is 95.3 Å². The molecule has 3 heterocycles. The van der Waals surface area contributed by atoms with Gasteiger partial charge in [0, 0.05) is 58.3 Å². The minimum Gasteiger partial charge on any atom is -0.351 e. The molecule has 9 heteroatoms. The fourth-order valence-corrected chi connectivity index (χ4v) is 7.41. The van der Waals surface area contributed by atoms with E-state index in [0.29, 0.717) is 31.8 Å². The molecule has 1 aliphatic carbocycles. The molecule has 2 aromatic rings. The molecule has 1 aromatic heterocycles. The lowest BCUT2D eigenvalue weighted by atomic mass is 9.76. The van der Waals surface area contributed by atoms with Crippen LogP contribution in [0.1, 0.15) is 54.0 Å². The van der Waals surface area contributed by atoms with Crippen molar-refractivity contribution in [3.63, 3.8) is 0 Å². The number of carbonyl (C=O) groups excluding carboxylic acids is 2. The predicted octanol–water partition coefficient (Wildman–Crippen LogP) is 5.83. The molecule has 190 valence electrons. The first-order chi connectivity index (χ1) is 17.3. The van der Waals surface area contributed by atoms with Crippen molar-refractivity contribution in [3.8, 4) is 0 Å². The summed E-state index contributed by atoms with van der Waals surface area (Å²) in [7, 11) is 0. The number of pyridine rings is 1. The number of likely N-dealkylation sites (tertiary alicyclic amines) is 2. The second-order valence-electron chi connectivity index (χ2n) is 9.93. The van der Waals surface area contributed by atoms with Gasteiger partial charge in [-0.25, -0.2) is 4.79 Å². The Morgan fingerprint density at radius 3 is 2.36 bits per heavy atom. The van der Waals surface area contributed by atoms with E-state index in [4.69, 9.17) is 22.3 Å². The zero-order valence-corrected chi connectivity index (χ0v) is 23.9. The Hall–Kier alpha value is -1.90. The SMILES string of the molecule is NC(=O)N1CCC(=CC(=O)N2CCC([C@H]3c4ncc(Br)cc4CCc4cc(Cl)cc(Br)c43)CC2)CC1. The van der Waals surface area contributed by atoms with E-state index in [1.165, 1.54) is 16.7 Å². The van der Waals surface area contributed by atoms with Crippen LogP contribution >= 0.6 is 43.5 Å². The van der Waals surface area contributed by atoms with Gasteiger partial charge in [-0.15, -0.1) is 0 Å². The molecule has 0 unspecified atom stereocenters. The van der Waals surface area contributed by atoms with Gasteiger partial charge < -0.3 is 15.5 Å². The van der Waals surface area contributed by atoms with Gasteiger partial charge in [0.15, 0.2) is 0 Å². The number of fused-ring (bicyclic) bond motifs is 2. The fourth-order valence-electron chi connectivity index (χ4n) is 5.91. The second-order valence-corrected chi connectivity index (χ2v) is 12.1. The summed E-state index contributed by atoms with van der Waals surface area (Å²) in [6.07, 6.45) is 8.78. The van der Waals surface area contributed by atoms with E-state index < -0.39 is 0 Å². The standard InChI is InChI=1S/C27H29Br2ClN4O2/c28-20-12-19-2-1-18-13-21(30)14-22(29)24(18)25(26(19)32-15-20)17-5-9-33(10-6-17)23(35)11-16-3-7-34(8-4-16)27(31)36/h11-15,17,25H,1-10H2,(H2,31,36)/t25-/m1/s1. The molecule has 3 aliphatic rings. The number of aromatic nitrogens is 1. The highest BCUT2D eigenvalue weighted by Crippen LogP contribution is 2.46. The summed E-state index contributed by atoms with van der Waals surface area (Å²) in [6.45, 7) is 2.62. The van der Waals surface area contributed by atoms with Crippen molar-refractivity contribution in [1.29, 1.82) is 0 Å². The topological polar surface area (TPSA) is 79.5 Å². The number of hydrogen-bond donors (Lipinski definition) is 1. The zero-order chi connectivity index (χ0) is 25.4. The molecule has 5 rings (SSSR count). The summed E-state index contributed by atoms with van der Waals surface area (Å²) < 4.78 is 2.04. The number of aryl methyl sites for hydroxylation is 2. The number of amides is 3. The van der Waals surface area contributed by atoms with Crippen LogP contribution in [-0.4, -0.2) is 52.9 Å². The fraction of sp³-hybridized carbons (Fsp3) is 0.444. The van der Waals surface area contributed by atoms with Crippen molar-refractivity contribution in [2.45, 2.75) is 44.4 Å². The minimum atomic E-state index is -0.389. The third kappa shape index (κ3) is 5.36. The Morgan fingerprint density at radius 2 is 1.67 bits per heavy atom. The molecule has 6 nitrogen and oxygen atoms in total. The molecular weight excluding hydrogens is 608 g/mol. The number of hydrogen-bond acceptors (Lipinski definition) is 3. The summed E-state index contributed by atoms with van der Waals surface area (Å²) in [6, 6.07) is 5.90. The summed E-state index contributed by atoms with van der Waals surface area (Å²) in [5.41, 5.74) is 11.5. The van der Waals surface area contributed by atoms with Gasteiger partial charge in [-0.1, -0.05) is 33.1 Å². The van der Waals surface area contributed by atoms with Crippen LogP contribution in [0.4, 0.5) is 4.79 Å². The van der Waals surface area contributed by atoms with Crippen LogP contribution in [0.2, 0.25) is 5.02 Å². The predicted molar refractivity (Wildman–Crippen MR) is 148 cm³/mol. The highest BCUT2D eigenvalue weighted by Gasteiger charge is 2.36. The molecule has 0 bridgehead atoms. The molecule has 1 atom stereocenters. The molecule has 2 saturated heterocycles. The zero-order valence-electron chi connectivity index (χ0n) is 20.0.